The van der Waals surface area contributed by atoms with Gasteiger partial charge >= 0.3 is 39.6 Å². The molecular weight excluding hydrogens is 410 g/mol. The van der Waals surface area contributed by atoms with E-state index in [0.717, 1.165) is 13.1 Å². The minimum absolute atomic E-state index is 0.144. The fourth-order valence-corrected chi connectivity index (χ4v) is 1.53. The molecule has 15 heavy (non-hydrogen) atoms. The Morgan fingerprint density at radius 1 is 1.00 bits per heavy atom. The molecule has 0 saturated heterocycles. The molecule has 0 aliphatic heterocycles. The second-order valence-corrected chi connectivity index (χ2v) is 10.0. The summed E-state index contributed by atoms with van der Waals surface area (Å²) in [7, 11) is 0. The van der Waals surface area contributed by atoms with Crippen LogP contribution in [-0.2, 0) is 36.6 Å². The van der Waals surface area contributed by atoms with Crippen molar-refractivity contribution in [2.24, 2.45) is 11.8 Å². The van der Waals surface area contributed by atoms with E-state index in [-0.39, 0.29) is 4.71 Å². The second kappa shape index (κ2) is 12.6. The van der Waals surface area contributed by atoms with E-state index in [1.807, 2.05) is 0 Å². The van der Waals surface area contributed by atoms with Crippen LogP contribution in [0.4, 0.5) is 0 Å². The zero-order valence-electron chi connectivity index (χ0n) is 9.47. The molecule has 6 heteroatoms. The summed E-state index contributed by atoms with van der Waals surface area (Å²) >= 11 is 17.5. The molecule has 0 aliphatic rings. The quantitative estimate of drug-likeness (QED) is 0.486. The van der Waals surface area contributed by atoms with Crippen LogP contribution in [0.1, 0.15) is 27.7 Å². The summed E-state index contributed by atoms with van der Waals surface area (Å²) in [6.07, 6.45) is 0. The molecule has 0 aromatic rings. The van der Waals surface area contributed by atoms with Crippen LogP contribution in [0, 0.1) is 11.8 Å². The Labute approximate surface area is 126 Å². The van der Waals surface area contributed by atoms with Crippen LogP contribution in [-0.4, -0.2) is 22.7 Å². The maximum atomic E-state index is 5.08. The summed E-state index contributed by atoms with van der Waals surface area (Å²) in [5, 5.41) is 0. The van der Waals surface area contributed by atoms with E-state index in [1.54, 1.807) is 0 Å². The fraction of sp³-hybridized carbons (Fsp3) is 1.00. The molecule has 0 N–H and O–H groups in total. The van der Waals surface area contributed by atoms with Gasteiger partial charge in [-0.05, 0) is 24.9 Å². The minimum atomic E-state index is -0.144. The molecule has 0 spiro atoms. The topological polar surface area (TPSA) is 3.24 Å². The zero-order chi connectivity index (χ0) is 12.4. The maximum absolute atomic E-state index is 5.08. The standard InChI is InChI=1S/C9H21NS2.2BrH.Cu/c1-7(2)5-10(9(11)12)6-8(3)4;;;/h7-9,11-12H,5-6H2,1-4H3;2*1H;/q;;;+2/p-4. The van der Waals surface area contributed by atoms with Crippen molar-refractivity contribution in [1.82, 2.24) is 4.90 Å². The molecular formula is C9H19Br2CuNS2-2. The van der Waals surface area contributed by atoms with Crippen LogP contribution in [0.3, 0.4) is 0 Å². The van der Waals surface area contributed by atoms with E-state index in [4.69, 9.17) is 25.3 Å². The molecule has 0 aromatic heterocycles. The number of rotatable bonds is 5. The Morgan fingerprint density at radius 3 is 1.40 bits per heavy atom. The van der Waals surface area contributed by atoms with Crippen LogP contribution < -0.4 is 0 Å². The first-order valence-corrected chi connectivity index (χ1v) is 10.3. The van der Waals surface area contributed by atoms with Crippen molar-refractivity contribution in [3.8, 4) is 0 Å². The van der Waals surface area contributed by atoms with E-state index in [9.17, 15) is 0 Å². The summed E-state index contributed by atoms with van der Waals surface area (Å²) in [6.45, 7) is 10.8. The van der Waals surface area contributed by atoms with Gasteiger partial charge in [-0.1, -0.05) is 27.7 Å². The third-order valence-corrected chi connectivity index (χ3v) is 2.09. The summed E-state index contributed by atoms with van der Waals surface area (Å²) in [5.74, 6) is 1.30. The Kier molecular flexibility index (Phi) is 16.4. The van der Waals surface area contributed by atoms with Crippen LogP contribution in [0.15, 0.2) is 0 Å². The molecule has 0 heterocycles. The molecule has 0 saturated carbocycles. The molecule has 0 fully saturated rings. The van der Waals surface area contributed by atoms with Gasteiger partial charge in [0.2, 0.25) is 0 Å². The van der Waals surface area contributed by atoms with Gasteiger partial charge in [-0.2, -0.15) is 0 Å². The molecule has 0 amide bonds. The van der Waals surface area contributed by atoms with E-state index in [1.165, 1.54) is 11.3 Å². The summed E-state index contributed by atoms with van der Waals surface area (Å²) in [5.41, 5.74) is 0. The SMILES string of the molecule is CC(C)CN(CC(C)C)C([S-])[S-].[Br][Cu][Br]. The van der Waals surface area contributed by atoms with Gasteiger partial charge in [0.05, 0.1) is 0 Å². The predicted molar refractivity (Wildman–Crippen MR) is 77.6 cm³/mol. The first kappa shape index (κ1) is 19.5. The second-order valence-electron chi connectivity index (χ2n) is 4.09. The first-order valence-electron chi connectivity index (χ1n) is 4.72. The van der Waals surface area contributed by atoms with Crippen molar-refractivity contribution in [3.63, 3.8) is 0 Å². The van der Waals surface area contributed by atoms with Gasteiger partial charge in [-0.3, -0.25) is 0 Å². The van der Waals surface area contributed by atoms with Crippen LogP contribution in [0.2, 0.25) is 0 Å². The van der Waals surface area contributed by atoms with Gasteiger partial charge < -0.3 is 30.2 Å². The van der Waals surface area contributed by atoms with Gasteiger partial charge in [0, 0.05) is 0 Å². The number of hydrogen-bond donors (Lipinski definition) is 0. The van der Waals surface area contributed by atoms with Crippen LogP contribution in [0.5, 0.6) is 0 Å². The van der Waals surface area contributed by atoms with Crippen molar-refractivity contribution in [2.75, 3.05) is 13.1 Å². The van der Waals surface area contributed by atoms with Crippen LogP contribution >= 0.6 is 28.2 Å². The zero-order valence-corrected chi connectivity index (χ0v) is 15.2. The number of hydrogen-bond acceptors (Lipinski definition) is 3. The van der Waals surface area contributed by atoms with Crippen molar-refractivity contribution in [2.45, 2.75) is 32.4 Å². The normalized spacial score (nSPS) is 11.5. The molecule has 99 valence electrons. The predicted octanol–water partition coefficient (Wildman–Crippen LogP) is 3.67. The van der Waals surface area contributed by atoms with Gasteiger partial charge in [0.25, 0.3) is 0 Å². The van der Waals surface area contributed by atoms with Crippen molar-refractivity contribution in [1.29, 1.82) is 0 Å². The third-order valence-electron chi connectivity index (χ3n) is 1.50. The van der Waals surface area contributed by atoms with Gasteiger partial charge in [-0.15, -0.1) is 0 Å². The summed E-state index contributed by atoms with van der Waals surface area (Å²) < 4.78 is -0.144. The Hall–Kier alpha value is 2.14. The summed E-state index contributed by atoms with van der Waals surface area (Å²) in [4.78, 5) is 2.19. The molecule has 0 aliphatic carbocycles. The average Bonchev–Trinajstić information content (AvgIpc) is 2.02. The van der Waals surface area contributed by atoms with E-state index in [2.05, 4.69) is 60.8 Å². The van der Waals surface area contributed by atoms with E-state index in [0.29, 0.717) is 11.8 Å². The Bertz CT molecular complexity index is 127. The molecule has 0 unspecified atom stereocenters. The monoisotopic (exact) mass is 426 g/mol. The van der Waals surface area contributed by atoms with Crippen molar-refractivity contribution < 1.29 is 11.3 Å². The Balaban J connectivity index is 0. The van der Waals surface area contributed by atoms with Crippen molar-refractivity contribution in [3.05, 3.63) is 0 Å². The third kappa shape index (κ3) is 16.1. The fourth-order valence-electron chi connectivity index (χ4n) is 1.18. The summed E-state index contributed by atoms with van der Waals surface area (Å²) in [6, 6.07) is 0. The van der Waals surface area contributed by atoms with Crippen molar-refractivity contribution >= 4 is 53.5 Å². The first-order chi connectivity index (χ1) is 6.84. The van der Waals surface area contributed by atoms with Gasteiger partial charge in [0.15, 0.2) is 0 Å². The van der Waals surface area contributed by atoms with Crippen LogP contribution in [0.25, 0.3) is 0 Å². The molecule has 0 radical (unpaired) electrons. The number of halogens is 2. The molecule has 1 nitrogen and oxygen atoms in total. The molecule has 0 rings (SSSR count). The average molecular weight is 429 g/mol. The Morgan fingerprint density at radius 2 is 1.27 bits per heavy atom. The molecule has 0 atom stereocenters. The molecule has 0 aromatic carbocycles. The number of nitrogens with zero attached hydrogens (tertiary/aromatic N) is 1. The van der Waals surface area contributed by atoms with E-state index >= 15 is 0 Å². The van der Waals surface area contributed by atoms with E-state index < -0.39 is 0 Å². The van der Waals surface area contributed by atoms with Gasteiger partial charge in [0.1, 0.15) is 0 Å². The van der Waals surface area contributed by atoms with Gasteiger partial charge in [-0.25, -0.2) is 4.71 Å². The molecule has 0 bridgehead atoms.